The van der Waals surface area contributed by atoms with Crippen molar-refractivity contribution in [1.29, 1.82) is 0 Å². The molecule has 0 fully saturated rings. The molecule has 0 heterocycles. The van der Waals surface area contributed by atoms with Crippen LogP contribution in [0.25, 0.3) is 0 Å². The number of carboxylic acid groups (broad SMARTS) is 1. The molecule has 0 radical (unpaired) electrons. The number of carboxylic acids is 1. The van der Waals surface area contributed by atoms with Gasteiger partial charge in [0.1, 0.15) is 10.6 Å². The van der Waals surface area contributed by atoms with Crippen LogP contribution in [-0.2, 0) is 10.5 Å². The van der Waals surface area contributed by atoms with Crippen molar-refractivity contribution in [3.05, 3.63) is 34.1 Å². The van der Waals surface area contributed by atoms with E-state index in [2.05, 4.69) is 15.9 Å². The highest BCUT2D eigenvalue weighted by molar-refractivity contribution is 9.10. The first-order valence-corrected chi connectivity index (χ1v) is 6.42. The summed E-state index contributed by atoms with van der Waals surface area (Å²) in [4.78, 5) is 10.9. The normalized spacial score (nSPS) is 11.5. The monoisotopic (exact) mass is 306 g/mol. The third kappa shape index (κ3) is 3.49. The average Bonchev–Trinajstić information content (AvgIpc) is 2.16. The summed E-state index contributed by atoms with van der Waals surface area (Å²) in [5.41, 5.74) is 0.516. The highest BCUT2D eigenvalue weighted by atomic mass is 79.9. The number of halogens is 2. The van der Waals surface area contributed by atoms with Crippen molar-refractivity contribution in [3.63, 3.8) is 0 Å². The van der Waals surface area contributed by atoms with Crippen LogP contribution in [0.3, 0.4) is 0 Å². The van der Waals surface area contributed by atoms with Crippen molar-refractivity contribution >= 4 is 33.7 Å². The molecular formula is C11H12BrFO2S. The van der Waals surface area contributed by atoms with Gasteiger partial charge >= 0.3 is 5.97 Å². The van der Waals surface area contributed by atoms with E-state index in [4.69, 9.17) is 5.11 Å². The van der Waals surface area contributed by atoms with Gasteiger partial charge in [0.15, 0.2) is 0 Å². The summed E-state index contributed by atoms with van der Waals surface area (Å²) < 4.78 is 13.2. The van der Waals surface area contributed by atoms with Gasteiger partial charge in [-0.1, -0.05) is 22.0 Å². The number of hydrogen-bond donors (Lipinski definition) is 1. The molecule has 0 atom stereocenters. The van der Waals surface area contributed by atoms with Crippen molar-refractivity contribution in [2.45, 2.75) is 24.3 Å². The molecule has 0 spiro atoms. The Morgan fingerprint density at radius 3 is 2.69 bits per heavy atom. The van der Waals surface area contributed by atoms with E-state index in [-0.39, 0.29) is 5.82 Å². The van der Waals surface area contributed by atoms with Crippen molar-refractivity contribution in [2.24, 2.45) is 0 Å². The standard InChI is InChI=1S/C11H12BrFO2S/c1-11(2,10(14)15)16-6-7-3-4-8(12)5-9(7)13/h3-5H,6H2,1-2H3,(H,14,15). The molecule has 0 saturated heterocycles. The molecule has 1 aromatic rings. The summed E-state index contributed by atoms with van der Waals surface area (Å²) in [5, 5.41) is 8.91. The lowest BCUT2D eigenvalue weighted by molar-refractivity contribution is -0.138. The Hall–Kier alpha value is -0.550. The highest BCUT2D eigenvalue weighted by Gasteiger charge is 2.27. The summed E-state index contributed by atoms with van der Waals surface area (Å²) in [6.45, 7) is 3.22. The minimum Gasteiger partial charge on any atom is -0.480 e. The maximum Gasteiger partial charge on any atom is 0.319 e. The van der Waals surface area contributed by atoms with Gasteiger partial charge in [-0.25, -0.2) is 4.39 Å². The fraction of sp³-hybridized carbons (Fsp3) is 0.364. The minimum atomic E-state index is -0.903. The second kappa shape index (κ2) is 5.19. The van der Waals surface area contributed by atoms with Gasteiger partial charge in [-0.15, -0.1) is 11.8 Å². The molecular weight excluding hydrogens is 295 g/mol. The minimum absolute atomic E-state index is 0.317. The molecule has 0 aliphatic rings. The van der Waals surface area contributed by atoms with E-state index < -0.39 is 10.7 Å². The number of carbonyl (C=O) groups is 1. The first-order chi connectivity index (χ1) is 7.33. The number of rotatable bonds is 4. The van der Waals surface area contributed by atoms with E-state index in [9.17, 15) is 9.18 Å². The number of thioether (sulfide) groups is 1. The molecule has 0 saturated carbocycles. The van der Waals surface area contributed by atoms with Gasteiger partial charge in [-0.3, -0.25) is 4.79 Å². The van der Waals surface area contributed by atoms with E-state index in [0.29, 0.717) is 15.8 Å². The van der Waals surface area contributed by atoms with E-state index in [1.165, 1.54) is 17.8 Å². The van der Waals surface area contributed by atoms with Crippen LogP contribution in [0.2, 0.25) is 0 Å². The van der Waals surface area contributed by atoms with Crippen LogP contribution in [0.15, 0.2) is 22.7 Å². The molecule has 2 nitrogen and oxygen atoms in total. The summed E-state index contributed by atoms with van der Waals surface area (Å²) in [6.07, 6.45) is 0. The summed E-state index contributed by atoms with van der Waals surface area (Å²) in [5.74, 6) is -0.864. The predicted molar refractivity (Wildman–Crippen MR) is 67.1 cm³/mol. The zero-order chi connectivity index (χ0) is 12.3. The van der Waals surface area contributed by atoms with E-state index >= 15 is 0 Å². The van der Waals surface area contributed by atoms with Crippen LogP contribution >= 0.6 is 27.7 Å². The molecule has 1 aromatic carbocycles. The van der Waals surface area contributed by atoms with Crippen molar-refractivity contribution in [1.82, 2.24) is 0 Å². The van der Waals surface area contributed by atoms with Crippen LogP contribution in [0, 0.1) is 5.82 Å². The number of hydrogen-bond acceptors (Lipinski definition) is 2. The van der Waals surface area contributed by atoms with Gasteiger partial charge in [0.05, 0.1) is 0 Å². The third-order valence-corrected chi connectivity index (χ3v) is 3.96. The van der Waals surface area contributed by atoms with Crippen LogP contribution in [-0.4, -0.2) is 15.8 Å². The van der Waals surface area contributed by atoms with E-state index in [0.717, 1.165) is 0 Å². The average molecular weight is 307 g/mol. The topological polar surface area (TPSA) is 37.3 Å². The molecule has 88 valence electrons. The van der Waals surface area contributed by atoms with E-state index in [1.807, 2.05) is 0 Å². The van der Waals surface area contributed by atoms with Gasteiger partial charge in [0.2, 0.25) is 0 Å². The highest BCUT2D eigenvalue weighted by Crippen LogP contribution is 2.29. The molecule has 0 aliphatic carbocycles. The molecule has 0 aromatic heterocycles. The summed E-state index contributed by atoms with van der Waals surface area (Å²) >= 11 is 4.37. The lowest BCUT2D eigenvalue weighted by Crippen LogP contribution is -2.27. The Labute approximate surface area is 106 Å². The van der Waals surface area contributed by atoms with Crippen molar-refractivity contribution in [3.8, 4) is 0 Å². The van der Waals surface area contributed by atoms with Gasteiger partial charge in [0, 0.05) is 10.2 Å². The fourth-order valence-electron chi connectivity index (χ4n) is 0.959. The second-order valence-corrected chi connectivity index (χ2v) is 6.35. The summed E-state index contributed by atoms with van der Waals surface area (Å²) in [6, 6.07) is 4.78. The van der Waals surface area contributed by atoms with Crippen LogP contribution < -0.4 is 0 Å². The lowest BCUT2D eigenvalue weighted by Gasteiger charge is -2.18. The predicted octanol–water partition coefficient (Wildman–Crippen LogP) is 3.68. The Morgan fingerprint density at radius 2 is 2.19 bits per heavy atom. The van der Waals surface area contributed by atoms with Crippen LogP contribution in [0.4, 0.5) is 4.39 Å². The summed E-state index contributed by atoms with van der Waals surface area (Å²) in [7, 11) is 0. The van der Waals surface area contributed by atoms with Crippen molar-refractivity contribution < 1.29 is 14.3 Å². The maximum atomic E-state index is 13.4. The lowest BCUT2D eigenvalue weighted by atomic mass is 10.2. The van der Waals surface area contributed by atoms with Gasteiger partial charge in [0.25, 0.3) is 0 Å². The van der Waals surface area contributed by atoms with Gasteiger partial charge in [-0.05, 0) is 31.5 Å². The molecule has 0 aliphatic heterocycles. The Balaban J connectivity index is 2.72. The Bertz CT molecular complexity index is 407. The fourth-order valence-corrected chi connectivity index (χ4v) is 2.17. The first kappa shape index (κ1) is 13.5. The Kier molecular flexibility index (Phi) is 4.38. The zero-order valence-corrected chi connectivity index (χ0v) is 11.4. The molecule has 5 heteroatoms. The van der Waals surface area contributed by atoms with Gasteiger partial charge in [-0.2, -0.15) is 0 Å². The van der Waals surface area contributed by atoms with Gasteiger partial charge < -0.3 is 5.11 Å². The largest absolute Gasteiger partial charge is 0.480 e. The molecule has 1 N–H and O–H groups in total. The quantitative estimate of drug-likeness (QED) is 0.922. The van der Waals surface area contributed by atoms with E-state index in [1.54, 1.807) is 26.0 Å². The zero-order valence-electron chi connectivity index (χ0n) is 8.96. The van der Waals surface area contributed by atoms with Crippen LogP contribution in [0.5, 0.6) is 0 Å². The third-order valence-electron chi connectivity index (χ3n) is 2.12. The molecule has 0 bridgehead atoms. The maximum absolute atomic E-state index is 13.4. The number of benzene rings is 1. The SMILES string of the molecule is CC(C)(SCc1ccc(Br)cc1F)C(=O)O. The Morgan fingerprint density at radius 1 is 1.56 bits per heavy atom. The smallest absolute Gasteiger partial charge is 0.319 e. The first-order valence-electron chi connectivity index (χ1n) is 4.64. The molecule has 0 unspecified atom stereocenters. The number of aliphatic carboxylic acids is 1. The molecule has 16 heavy (non-hydrogen) atoms. The molecule has 1 rings (SSSR count). The van der Waals surface area contributed by atoms with Crippen LogP contribution in [0.1, 0.15) is 19.4 Å². The van der Waals surface area contributed by atoms with Crippen molar-refractivity contribution in [2.75, 3.05) is 0 Å². The second-order valence-electron chi connectivity index (χ2n) is 3.84. The molecule has 0 amide bonds.